The van der Waals surface area contributed by atoms with Crippen LogP contribution in [0.3, 0.4) is 0 Å². The maximum absolute atomic E-state index is 13.3. The van der Waals surface area contributed by atoms with Crippen molar-refractivity contribution in [3.8, 4) is 11.3 Å². The smallest absolute Gasteiger partial charge is 0.294 e. The molecule has 0 atom stereocenters. The van der Waals surface area contributed by atoms with E-state index in [4.69, 9.17) is 9.51 Å². The van der Waals surface area contributed by atoms with E-state index in [1.807, 2.05) is 26.0 Å². The second kappa shape index (κ2) is 8.99. The average Bonchev–Trinajstić information content (AvgIpc) is 3.12. The molecule has 0 aliphatic heterocycles. The first-order chi connectivity index (χ1) is 15.0. The van der Waals surface area contributed by atoms with Crippen LogP contribution in [0.5, 0.6) is 0 Å². The molecule has 0 amide bonds. The number of Topliss-reactive ketones (excluding diaryl/α,β-unsaturated/α-hetero) is 1. The molecular formula is C23H29N5O3. The Kier molecular flexibility index (Phi) is 6.15. The van der Waals surface area contributed by atoms with Gasteiger partial charge in [0.05, 0.1) is 23.5 Å². The lowest BCUT2D eigenvalue weighted by Crippen LogP contribution is -2.30. The van der Waals surface area contributed by atoms with Gasteiger partial charge in [0.2, 0.25) is 0 Å². The van der Waals surface area contributed by atoms with E-state index in [1.165, 1.54) is 19.3 Å². The minimum atomic E-state index is -0.231. The number of hydrogen-bond acceptors (Lipinski definition) is 7. The molecule has 0 unspecified atom stereocenters. The summed E-state index contributed by atoms with van der Waals surface area (Å²) in [6, 6.07) is 3.74. The zero-order chi connectivity index (χ0) is 22.0. The van der Waals surface area contributed by atoms with Crippen molar-refractivity contribution in [1.29, 1.82) is 0 Å². The van der Waals surface area contributed by atoms with Crippen molar-refractivity contribution in [3.63, 3.8) is 0 Å². The number of pyridine rings is 1. The number of nitrogens with one attached hydrogen (secondary N) is 1. The molecule has 1 saturated carbocycles. The summed E-state index contributed by atoms with van der Waals surface area (Å²) in [5.74, 6) is 1.37. The number of hydrogen-bond donors (Lipinski definition) is 1. The first kappa shape index (κ1) is 21.2. The molecule has 8 heteroatoms. The van der Waals surface area contributed by atoms with Crippen LogP contribution in [-0.2, 0) is 11.3 Å². The van der Waals surface area contributed by atoms with Gasteiger partial charge >= 0.3 is 0 Å². The van der Waals surface area contributed by atoms with Crippen LogP contribution < -0.4 is 10.9 Å². The Morgan fingerprint density at radius 2 is 1.97 bits per heavy atom. The lowest BCUT2D eigenvalue weighted by Gasteiger charge is -2.23. The van der Waals surface area contributed by atoms with Gasteiger partial charge in [-0.15, -0.1) is 0 Å². The summed E-state index contributed by atoms with van der Waals surface area (Å²) in [7, 11) is 0. The number of ketones is 1. The van der Waals surface area contributed by atoms with Crippen LogP contribution in [0, 0.1) is 19.8 Å². The van der Waals surface area contributed by atoms with Gasteiger partial charge in [-0.3, -0.25) is 14.2 Å². The minimum Gasteiger partial charge on any atom is -0.361 e. The topological polar surface area (TPSA) is 103 Å². The van der Waals surface area contributed by atoms with E-state index < -0.39 is 0 Å². The van der Waals surface area contributed by atoms with E-state index in [2.05, 4.69) is 15.5 Å². The van der Waals surface area contributed by atoms with Crippen LogP contribution in [0.1, 0.15) is 56.9 Å². The van der Waals surface area contributed by atoms with E-state index in [1.54, 1.807) is 11.5 Å². The monoisotopic (exact) mass is 423 g/mol. The van der Waals surface area contributed by atoms with Crippen molar-refractivity contribution in [2.75, 3.05) is 11.9 Å². The van der Waals surface area contributed by atoms with E-state index in [-0.39, 0.29) is 23.7 Å². The predicted octanol–water partition coefficient (Wildman–Crippen LogP) is 4.03. The largest absolute Gasteiger partial charge is 0.361 e. The van der Waals surface area contributed by atoms with E-state index in [9.17, 15) is 9.59 Å². The average molecular weight is 424 g/mol. The highest BCUT2D eigenvalue weighted by atomic mass is 16.5. The lowest BCUT2D eigenvalue weighted by atomic mass is 9.89. The molecule has 164 valence electrons. The molecule has 3 heterocycles. The highest BCUT2D eigenvalue weighted by Gasteiger charge is 2.21. The van der Waals surface area contributed by atoms with Crippen LogP contribution in [0.2, 0.25) is 0 Å². The van der Waals surface area contributed by atoms with Crippen molar-refractivity contribution in [2.24, 2.45) is 5.92 Å². The van der Waals surface area contributed by atoms with E-state index in [0.717, 1.165) is 24.1 Å². The fourth-order valence-corrected chi connectivity index (χ4v) is 4.33. The molecule has 1 aliphatic carbocycles. The summed E-state index contributed by atoms with van der Waals surface area (Å²) in [4.78, 5) is 34.4. The van der Waals surface area contributed by atoms with E-state index >= 15 is 0 Å². The summed E-state index contributed by atoms with van der Waals surface area (Å²) < 4.78 is 7.04. The number of anilines is 1. The van der Waals surface area contributed by atoms with Crippen LogP contribution >= 0.6 is 0 Å². The quantitative estimate of drug-likeness (QED) is 0.612. The summed E-state index contributed by atoms with van der Waals surface area (Å²) in [6.45, 7) is 6.24. The third kappa shape index (κ3) is 4.38. The third-order valence-electron chi connectivity index (χ3n) is 6.09. The number of carbonyl (C=O) groups excluding carboxylic acids is 1. The predicted molar refractivity (Wildman–Crippen MR) is 119 cm³/mol. The Balaban J connectivity index is 1.82. The molecule has 0 radical (unpaired) electrons. The Labute approximate surface area is 181 Å². The molecule has 3 aromatic heterocycles. The normalized spacial score (nSPS) is 14.8. The molecule has 1 fully saturated rings. The standard InChI is InChI=1S/C23H29N5O3/c1-4-17(29)12-24-21-23(30)28(13-16-8-6-5-7-9-16)22-19(25-21)11-10-18(26-22)20-14(2)27-31-15(20)3/h10-11,16H,4-9,12-13H2,1-3H3,(H,24,25). The molecule has 3 aromatic rings. The zero-order valence-corrected chi connectivity index (χ0v) is 18.4. The van der Waals surface area contributed by atoms with Gasteiger partial charge in [0, 0.05) is 13.0 Å². The van der Waals surface area contributed by atoms with Crippen LogP contribution in [-0.4, -0.2) is 32.0 Å². The van der Waals surface area contributed by atoms with Gasteiger partial charge in [0.1, 0.15) is 11.3 Å². The van der Waals surface area contributed by atoms with E-state index in [0.29, 0.717) is 41.5 Å². The Morgan fingerprint density at radius 3 is 2.65 bits per heavy atom. The Bertz CT molecular complexity index is 1140. The molecule has 0 saturated heterocycles. The van der Waals surface area contributed by atoms with Crippen molar-refractivity contribution in [1.82, 2.24) is 19.7 Å². The number of carbonyl (C=O) groups is 1. The number of rotatable bonds is 7. The van der Waals surface area contributed by atoms with Crippen LogP contribution in [0.25, 0.3) is 22.4 Å². The Hall–Kier alpha value is -3.03. The molecule has 4 rings (SSSR count). The maximum Gasteiger partial charge on any atom is 0.294 e. The third-order valence-corrected chi connectivity index (χ3v) is 6.09. The first-order valence-electron chi connectivity index (χ1n) is 11.1. The van der Waals surface area contributed by atoms with Crippen LogP contribution in [0.15, 0.2) is 21.5 Å². The summed E-state index contributed by atoms with van der Waals surface area (Å²) in [6.07, 6.45) is 6.27. The molecule has 0 aromatic carbocycles. The second-order valence-electron chi connectivity index (χ2n) is 8.36. The molecule has 0 spiro atoms. The van der Waals surface area contributed by atoms with Crippen molar-refractivity contribution < 1.29 is 9.32 Å². The van der Waals surface area contributed by atoms with Gasteiger partial charge in [0.25, 0.3) is 5.56 Å². The van der Waals surface area contributed by atoms with Crippen molar-refractivity contribution in [2.45, 2.75) is 65.8 Å². The fourth-order valence-electron chi connectivity index (χ4n) is 4.33. The van der Waals surface area contributed by atoms with Crippen molar-refractivity contribution in [3.05, 3.63) is 33.9 Å². The van der Waals surface area contributed by atoms with Crippen LogP contribution in [0.4, 0.5) is 5.82 Å². The van der Waals surface area contributed by atoms with Gasteiger partial charge in [0.15, 0.2) is 17.2 Å². The Morgan fingerprint density at radius 1 is 1.19 bits per heavy atom. The number of aryl methyl sites for hydroxylation is 2. The van der Waals surface area contributed by atoms with Gasteiger partial charge in [-0.05, 0) is 44.7 Å². The molecule has 8 nitrogen and oxygen atoms in total. The number of fused-ring (bicyclic) bond motifs is 1. The number of nitrogens with zero attached hydrogens (tertiary/aromatic N) is 4. The summed E-state index contributed by atoms with van der Waals surface area (Å²) in [5, 5.41) is 6.98. The fraction of sp³-hybridized carbons (Fsp3) is 0.522. The maximum atomic E-state index is 13.3. The molecule has 1 aliphatic rings. The number of aromatic nitrogens is 4. The molecule has 31 heavy (non-hydrogen) atoms. The molecule has 0 bridgehead atoms. The second-order valence-corrected chi connectivity index (χ2v) is 8.36. The highest BCUT2D eigenvalue weighted by Crippen LogP contribution is 2.28. The zero-order valence-electron chi connectivity index (χ0n) is 18.4. The lowest BCUT2D eigenvalue weighted by molar-refractivity contribution is -0.117. The van der Waals surface area contributed by atoms with Crippen molar-refractivity contribution >= 4 is 22.8 Å². The van der Waals surface area contributed by atoms with Gasteiger partial charge in [-0.2, -0.15) is 0 Å². The SMILES string of the molecule is CCC(=O)CNc1nc2ccc(-c3c(C)noc3C)nc2n(CC2CCCCC2)c1=O. The summed E-state index contributed by atoms with van der Waals surface area (Å²) in [5.41, 5.74) is 3.26. The van der Waals surface area contributed by atoms with Gasteiger partial charge in [-0.1, -0.05) is 31.3 Å². The first-order valence-corrected chi connectivity index (χ1v) is 11.1. The van der Waals surface area contributed by atoms with Gasteiger partial charge < -0.3 is 9.84 Å². The minimum absolute atomic E-state index is 0.0343. The van der Waals surface area contributed by atoms with Gasteiger partial charge in [-0.25, -0.2) is 9.97 Å². The highest BCUT2D eigenvalue weighted by molar-refractivity contribution is 5.83. The molecule has 1 N–H and O–H groups in total. The molecular weight excluding hydrogens is 394 g/mol. The summed E-state index contributed by atoms with van der Waals surface area (Å²) >= 11 is 0.